The molecule has 3 N–H and O–H groups in total. The van der Waals surface area contributed by atoms with Gasteiger partial charge in [-0.1, -0.05) is 25.3 Å². The van der Waals surface area contributed by atoms with Gasteiger partial charge in [0.25, 0.3) is 5.69 Å². The maximum atomic E-state index is 12.4. The van der Waals surface area contributed by atoms with Crippen LogP contribution in [0, 0.1) is 16.0 Å². The molecule has 3 rings (SSSR count). The number of rotatable bonds is 6. The Kier molecular flexibility index (Phi) is 8.04. The molecule has 1 aliphatic carbocycles. The summed E-state index contributed by atoms with van der Waals surface area (Å²) in [6.45, 7) is 0. The third-order valence-electron chi connectivity index (χ3n) is 5.13. The monoisotopic (exact) mass is 452 g/mol. The second-order valence-electron chi connectivity index (χ2n) is 7.53. The van der Waals surface area contributed by atoms with Crippen molar-refractivity contribution in [1.82, 2.24) is 5.32 Å². The summed E-state index contributed by atoms with van der Waals surface area (Å²) >= 11 is 5.18. The average Bonchev–Trinajstić information content (AvgIpc) is 2.78. The summed E-state index contributed by atoms with van der Waals surface area (Å²) in [5.74, 6) is -0.347. The smallest absolute Gasteiger partial charge is 0.269 e. The molecule has 0 saturated heterocycles. The van der Waals surface area contributed by atoms with E-state index in [9.17, 15) is 19.7 Å². The first-order valence-electron chi connectivity index (χ1n) is 10.4. The van der Waals surface area contributed by atoms with Crippen LogP contribution in [0.25, 0.3) is 6.08 Å². The van der Waals surface area contributed by atoms with Crippen LogP contribution >= 0.6 is 12.2 Å². The Morgan fingerprint density at radius 2 is 1.66 bits per heavy atom. The zero-order valence-corrected chi connectivity index (χ0v) is 18.2. The molecule has 2 aromatic carbocycles. The summed E-state index contributed by atoms with van der Waals surface area (Å²) in [6, 6.07) is 13.0. The fourth-order valence-corrected chi connectivity index (χ4v) is 3.70. The minimum atomic E-state index is -0.485. The van der Waals surface area contributed by atoms with Crippen LogP contribution in [0.3, 0.4) is 0 Å². The van der Waals surface area contributed by atoms with E-state index in [0.717, 1.165) is 25.7 Å². The van der Waals surface area contributed by atoms with Crippen LogP contribution in [0.2, 0.25) is 0 Å². The maximum absolute atomic E-state index is 12.4. The van der Waals surface area contributed by atoms with Gasteiger partial charge < -0.3 is 10.6 Å². The highest BCUT2D eigenvalue weighted by molar-refractivity contribution is 7.80. The van der Waals surface area contributed by atoms with E-state index in [4.69, 9.17) is 12.2 Å². The lowest BCUT2D eigenvalue weighted by molar-refractivity contribution is -0.384. The van der Waals surface area contributed by atoms with Crippen LogP contribution in [0.15, 0.2) is 54.6 Å². The molecule has 1 aliphatic rings. The summed E-state index contributed by atoms with van der Waals surface area (Å²) in [7, 11) is 0. The van der Waals surface area contributed by atoms with Crippen molar-refractivity contribution in [3.05, 3.63) is 70.3 Å². The Bertz CT molecular complexity index is 1030. The number of carbonyl (C=O) groups is 2. The van der Waals surface area contributed by atoms with Crippen molar-refractivity contribution in [2.45, 2.75) is 32.1 Å². The van der Waals surface area contributed by atoms with Crippen molar-refractivity contribution < 1.29 is 14.5 Å². The van der Waals surface area contributed by atoms with E-state index in [1.54, 1.807) is 36.4 Å². The number of thiocarbonyl (C=S) groups is 1. The molecule has 0 spiro atoms. The van der Waals surface area contributed by atoms with Crippen molar-refractivity contribution in [3.63, 3.8) is 0 Å². The van der Waals surface area contributed by atoms with Crippen LogP contribution in [0.5, 0.6) is 0 Å². The predicted molar refractivity (Wildman–Crippen MR) is 128 cm³/mol. The Labute approximate surface area is 191 Å². The Hall–Kier alpha value is -3.59. The van der Waals surface area contributed by atoms with E-state index in [0.29, 0.717) is 16.9 Å². The molecular formula is C23H24N4O4S. The van der Waals surface area contributed by atoms with Crippen LogP contribution in [0.1, 0.15) is 37.7 Å². The molecule has 2 aromatic rings. The molecule has 8 nitrogen and oxygen atoms in total. The van der Waals surface area contributed by atoms with E-state index in [-0.39, 0.29) is 22.6 Å². The zero-order chi connectivity index (χ0) is 22.9. The molecule has 9 heteroatoms. The topological polar surface area (TPSA) is 113 Å². The van der Waals surface area contributed by atoms with E-state index >= 15 is 0 Å². The molecule has 0 aromatic heterocycles. The minimum absolute atomic E-state index is 0.0193. The molecule has 0 radical (unpaired) electrons. The number of nitrogens with zero attached hydrogens (tertiary/aromatic N) is 1. The van der Waals surface area contributed by atoms with E-state index in [2.05, 4.69) is 16.0 Å². The van der Waals surface area contributed by atoms with Gasteiger partial charge in [0.2, 0.25) is 11.8 Å². The van der Waals surface area contributed by atoms with Crippen LogP contribution < -0.4 is 16.0 Å². The molecule has 0 aliphatic heterocycles. The number of amides is 2. The first-order chi connectivity index (χ1) is 15.4. The van der Waals surface area contributed by atoms with Gasteiger partial charge in [-0.05, 0) is 67.0 Å². The number of hydrogen-bond acceptors (Lipinski definition) is 5. The van der Waals surface area contributed by atoms with Gasteiger partial charge in [-0.3, -0.25) is 25.0 Å². The molecule has 2 amide bonds. The fourth-order valence-electron chi connectivity index (χ4n) is 3.48. The van der Waals surface area contributed by atoms with Crippen LogP contribution in [-0.2, 0) is 9.59 Å². The first-order valence-corrected chi connectivity index (χ1v) is 10.8. The Balaban J connectivity index is 1.50. The number of nitrogens with one attached hydrogen (secondary N) is 3. The molecular weight excluding hydrogens is 428 g/mol. The first kappa shape index (κ1) is 23.1. The van der Waals surface area contributed by atoms with Crippen LogP contribution in [-0.4, -0.2) is 21.9 Å². The Morgan fingerprint density at radius 1 is 1.00 bits per heavy atom. The number of non-ortho nitro benzene ring substituents is 1. The second kappa shape index (κ2) is 11.1. The van der Waals surface area contributed by atoms with E-state index in [1.165, 1.54) is 30.7 Å². The third kappa shape index (κ3) is 6.98. The molecule has 32 heavy (non-hydrogen) atoms. The molecule has 0 heterocycles. The van der Waals surface area contributed by atoms with Gasteiger partial charge in [0, 0.05) is 35.5 Å². The SMILES string of the molecule is O=C(/C=C/c1ccc([N+](=O)[O-])cc1)NC(=S)Nc1cccc(NC(=O)C2CCCCC2)c1. The Morgan fingerprint density at radius 3 is 2.31 bits per heavy atom. The number of hydrogen-bond donors (Lipinski definition) is 3. The maximum Gasteiger partial charge on any atom is 0.269 e. The highest BCUT2D eigenvalue weighted by Gasteiger charge is 2.21. The van der Waals surface area contributed by atoms with Gasteiger partial charge in [0.15, 0.2) is 5.11 Å². The number of anilines is 2. The third-order valence-corrected chi connectivity index (χ3v) is 5.34. The molecule has 166 valence electrons. The molecule has 0 unspecified atom stereocenters. The highest BCUT2D eigenvalue weighted by Crippen LogP contribution is 2.25. The summed E-state index contributed by atoms with van der Waals surface area (Å²) in [5, 5.41) is 19.2. The van der Waals surface area contributed by atoms with Gasteiger partial charge in [0.1, 0.15) is 0 Å². The number of nitro benzene ring substituents is 1. The lowest BCUT2D eigenvalue weighted by atomic mass is 9.88. The van der Waals surface area contributed by atoms with E-state index < -0.39 is 10.8 Å². The number of nitro groups is 1. The van der Waals surface area contributed by atoms with Gasteiger partial charge in [-0.2, -0.15) is 0 Å². The molecule has 0 atom stereocenters. The van der Waals surface area contributed by atoms with Gasteiger partial charge in [-0.25, -0.2) is 0 Å². The quantitative estimate of drug-likeness (QED) is 0.255. The summed E-state index contributed by atoms with van der Waals surface area (Å²) in [4.78, 5) is 34.7. The molecule has 1 fully saturated rings. The van der Waals surface area contributed by atoms with Gasteiger partial charge in [0.05, 0.1) is 4.92 Å². The lowest BCUT2D eigenvalue weighted by Gasteiger charge is -2.21. The zero-order valence-electron chi connectivity index (χ0n) is 17.4. The van der Waals surface area contributed by atoms with Crippen molar-refractivity contribution in [2.24, 2.45) is 5.92 Å². The summed E-state index contributed by atoms with van der Waals surface area (Å²) in [6.07, 6.45) is 8.04. The van der Waals surface area contributed by atoms with Crippen molar-refractivity contribution in [2.75, 3.05) is 10.6 Å². The summed E-state index contributed by atoms with van der Waals surface area (Å²) < 4.78 is 0. The largest absolute Gasteiger partial charge is 0.332 e. The average molecular weight is 453 g/mol. The number of carbonyl (C=O) groups excluding carboxylic acids is 2. The normalized spacial score (nSPS) is 14.0. The second-order valence-corrected chi connectivity index (χ2v) is 7.94. The number of benzene rings is 2. The van der Waals surface area contributed by atoms with Crippen molar-refractivity contribution >= 4 is 52.3 Å². The predicted octanol–water partition coefficient (Wildman–Crippen LogP) is 4.64. The highest BCUT2D eigenvalue weighted by atomic mass is 32.1. The summed E-state index contributed by atoms with van der Waals surface area (Å²) in [5.41, 5.74) is 1.93. The molecule has 1 saturated carbocycles. The van der Waals surface area contributed by atoms with Crippen molar-refractivity contribution in [3.8, 4) is 0 Å². The minimum Gasteiger partial charge on any atom is -0.332 e. The van der Waals surface area contributed by atoms with Crippen molar-refractivity contribution in [1.29, 1.82) is 0 Å². The van der Waals surface area contributed by atoms with Gasteiger partial charge >= 0.3 is 0 Å². The van der Waals surface area contributed by atoms with E-state index in [1.807, 2.05) is 0 Å². The lowest BCUT2D eigenvalue weighted by Crippen LogP contribution is -2.32. The van der Waals surface area contributed by atoms with Gasteiger partial charge in [-0.15, -0.1) is 0 Å². The standard InChI is InChI=1S/C23H24N4O4S/c28-21(14-11-16-9-12-20(13-10-16)27(30)31)26-23(32)25-19-8-4-7-18(15-19)24-22(29)17-5-2-1-3-6-17/h4,7-15,17H,1-3,5-6H2,(H,24,29)(H2,25,26,28,32)/b14-11+. The molecule has 0 bridgehead atoms. The van der Waals surface area contributed by atoms with Crippen LogP contribution in [0.4, 0.5) is 17.1 Å². The fraction of sp³-hybridized carbons (Fsp3) is 0.261.